The highest BCUT2D eigenvalue weighted by molar-refractivity contribution is 5.93. The normalized spacial score (nSPS) is 39.0. The highest BCUT2D eigenvalue weighted by Gasteiger charge is 2.56. The van der Waals surface area contributed by atoms with Crippen LogP contribution in [0.1, 0.15) is 122 Å². The van der Waals surface area contributed by atoms with Gasteiger partial charge in [-0.15, -0.1) is 24.8 Å². The van der Waals surface area contributed by atoms with Crippen molar-refractivity contribution >= 4 is 36.6 Å². The van der Waals surface area contributed by atoms with E-state index >= 15 is 0 Å². The molecule has 0 aromatic heterocycles. The summed E-state index contributed by atoms with van der Waals surface area (Å²) >= 11 is 0. The number of nitrogens with zero attached hydrogens (tertiary/aromatic N) is 2. The van der Waals surface area contributed by atoms with Crippen LogP contribution in [0.15, 0.2) is 48.5 Å². The minimum absolute atomic E-state index is 0. The number of fused-ring (bicyclic) bond motifs is 8. The average molecular weight is 842 g/mol. The summed E-state index contributed by atoms with van der Waals surface area (Å²) in [6.45, 7) is 4.31. The molecule has 8 unspecified atom stereocenters. The zero-order valence-corrected chi connectivity index (χ0v) is 36.1. The van der Waals surface area contributed by atoms with E-state index in [0.717, 1.165) is 37.3 Å². The summed E-state index contributed by atoms with van der Waals surface area (Å²) in [7, 11) is 3.71. The number of halogens is 2. The monoisotopic (exact) mass is 840 g/mol. The summed E-state index contributed by atoms with van der Waals surface area (Å²) in [5, 5.41) is 0. The van der Waals surface area contributed by atoms with Crippen molar-refractivity contribution in [3.8, 4) is 0 Å². The summed E-state index contributed by atoms with van der Waals surface area (Å²) in [4.78, 5) is 29.0. The number of methoxy groups -OCH3 is 2. The summed E-state index contributed by atoms with van der Waals surface area (Å²) in [5.41, 5.74) is 13.9. The van der Waals surface area contributed by atoms with Gasteiger partial charge < -0.3 is 30.4 Å². The zero-order valence-electron chi connectivity index (χ0n) is 34.4. The Morgan fingerprint density at radius 1 is 0.569 bits per heavy atom. The number of carbonyl (C=O) groups is 2. The Balaban J connectivity index is 0.000000171. The molecule has 58 heavy (non-hydrogen) atoms. The van der Waals surface area contributed by atoms with Gasteiger partial charge in [0.2, 0.25) is 11.8 Å². The van der Waals surface area contributed by atoms with Crippen LogP contribution in [-0.2, 0) is 30.1 Å². The summed E-state index contributed by atoms with van der Waals surface area (Å²) in [6.07, 6.45) is 18.9. The largest absolute Gasteiger partial charge is 0.375 e. The smallest absolute Gasteiger partial charge is 0.248 e. The minimum Gasteiger partial charge on any atom is -0.375 e. The van der Waals surface area contributed by atoms with Gasteiger partial charge >= 0.3 is 0 Å². The van der Waals surface area contributed by atoms with Gasteiger partial charge in [0, 0.05) is 87.3 Å². The van der Waals surface area contributed by atoms with Gasteiger partial charge in [-0.05, 0) is 112 Å². The Bertz CT molecular complexity index is 1590. The molecule has 4 N–H and O–H groups in total. The van der Waals surface area contributed by atoms with Crippen LogP contribution in [-0.4, -0.2) is 98.5 Å². The second kappa shape index (κ2) is 18.0. The van der Waals surface area contributed by atoms with Gasteiger partial charge in [0.25, 0.3) is 0 Å². The Morgan fingerprint density at radius 2 is 0.897 bits per heavy atom. The molecule has 12 heteroatoms. The van der Waals surface area contributed by atoms with E-state index in [1.807, 2.05) is 38.5 Å². The van der Waals surface area contributed by atoms with Gasteiger partial charge in [-0.25, -0.2) is 0 Å². The van der Waals surface area contributed by atoms with E-state index in [0.29, 0.717) is 71.3 Å². The van der Waals surface area contributed by atoms with E-state index in [-0.39, 0.29) is 47.8 Å². The molecule has 8 fully saturated rings. The van der Waals surface area contributed by atoms with Gasteiger partial charge in [-0.3, -0.25) is 19.4 Å². The van der Waals surface area contributed by atoms with Gasteiger partial charge in [0.1, 0.15) is 11.2 Å². The molecular weight excluding hydrogens is 775 g/mol. The number of likely N-dealkylation sites (tertiary alicyclic amines) is 2. The number of nitrogens with two attached hydrogens (primary N) is 2. The lowest BCUT2D eigenvalue weighted by Crippen LogP contribution is -2.61. The van der Waals surface area contributed by atoms with E-state index in [9.17, 15) is 9.59 Å². The SMILES string of the molecule is COC1(c2cccc(C(N)=O)c2)C2CCCC1CN(C1CC3CCC(C1)O3)C2.COC1(c2cccc(C(N)=O)c2)C2CCCC1CN(C1CC3CCC(C1)O3)C2.Cl.Cl. The van der Waals surface area contributed by atoms with E-state index in [2.05, 4.69) is 21.9 Å². The van der Waals surface area contributed by atoms with Crippen molar-refractivity contribution in [3.05, 3.63) is 70.8 Å². The quantitative estimate of drug-likeness (QED) is 0.292. The lowest BCUT2D eigenvalue weighted by Gasteiger charge is -2.57. The van der Waals surface area contributed by atoms with Gasteiger partial charge in [-0.1, -0.05) is 37.1 Å². The fraction of sp³-hybridized carbons (Fsp3) is 0.696. The molecule has 2 aliphatic carbocycles. The van der Waals surface area contributed by atoms with Crippen LogP contribution in [0.5, 0.6) is 0 Å². The number of hydrogen-bond donors (Lipinski definition) is 2. The Hall–Kier alpha value is -2.28. The molecule has 6 heterocycles. The highest BCUT2D eigenvalue weighted by atomic mass is 35.5. The Kier molecular flexibility index (Phi) is 13.6. The van der Waals surface area contributed by atoms with Gasteiger partial charge in [-0.2, -0.15) is 0 Å². The van der Waals surface area contributed by atoms with Crippen LogP contribution in [0.3, 0.4) is 0 Å². The number of rotatable bonds is 8. The number of piperidine rings is 2. The first kappa shape index (κ1) is 43.8. The average Bonchev–Trinajstić information content (AvgIpc) is 3.73. The third-order valence-electron chi connectivity index (χ3n) is 15.9. The molecule has 0 spiro atoms. The van der Waals surface area contributed by atoms with Crippen LogP contribution in [0.2, 0.25) is 0 Å². The maximum absolute atomic E-state index is 11.8. The van der Waals surface area contributed by atoms with Crippen molar-refractivity contribution in [1.29, 1.82) is 0 Å². The predicted molar refractivity (Wildman–Crippen MR) is 228 cm³/mol. The molecule has 10 rings (SSSR count). The van der Waals surface area contributed by atoms with Crippen LogP contribution in [0, 0.1) is 23.7 Å². The van der Waals surface area contributed by atoms with Crippen LogP contribution in [0.25, 0.3) is 0 Å². The van der Waals surface area contributed by atoms with Crippen molar-refractivity contribution in [2.45, 2.75) is 138 Å². The summed E-state index contributed by atoms with van der Waals surface area (Å²) in [6, 6.07) is 17.0. The molecule has 320 valence electrons. The maximum atomic E-state index is 11.8. The third-order valence-corrected chi connectivity index (χ3v) is 15.9. The fourth-order valence-corrected chi connectivity index (χ4v) is 13.5. The number of hydrogen-bond acceptors (Lipinski definition) is 8. The van der Waals surface area contributed by atoms with E-state index in [4.69, 9.17) is 30.4 Å². The summed E-state index contributed by atoms with van der Waals surface area (Å²) < 4.78 is 24.9. The molecule has 8 aliphatic rings. The molecule has 6 saturated heterocycles. The highest BCUT2D eigenvalue weighted by Crippen LogP contribution is 2.54. The molecule has 2 aromatic rings. The third kappa shape index (κ3) is 7.87. The molecule has 8 bridgehead atoms. The van der Waals surface area contributed by atoms with Crippen molar-refractivity contribution in [2.24, 2.45) is 35.1 Å². The first-order chi connectivity index (χ1) is 27.2. The molecule has 2 amide bonds. The predicted octanol–water partition coefficient (Wildman–Crippen LogP) is 6.98. The molecular formula is C46H66Cl2N4O6. The summed E-state index contributed by atoms with van der Waals surface area (Å²) in [5.74, 6) is 1.08. The van der Waals surface area contributed by atoms with Crippen molar-refractivity contribution in [2.75, 3.05) is 40.4 Å². The number of benzene rings is 2. The van der Waals surface area contributed by atoms with E-state index < -0.39 is 0 Å². The Labute approximate surface area is 357 Å². The number of carbonyl (C=O) groups excluding carboxylic acids is 2. The van der Waals surface area contributed by atoms with Gasteiger partial charge in [0.05, 0.1) is 24.4 Å². The Morgan fingerprint density at radius 3 is 1.19 bits per heavy atom. The first-order valence-electron chi connectivity index (χ1n) is 21.9. The lowest BCUT2D eigenvalue weighted by molar-refractivity contribution is -0.180. The fourth-order valence-electron chi connectivity index (χ4n) is 13.5. The molecule has 2 aromatic carbocycles. The first-order valence-corrected chi connectivity index (χ1v) is 21.9. The molecule has 10 nitrogen and oxygen atoms in total. The second-order valence-electron chi connectivity index (χ2n) is 18.6. The minimum atomic E-state index is -0.367. The van der Waals surface area contributed by atoms with Crippen LogP contribution < -0.4 is 11.5 Å². The van der Waals surface area contributed by atoms with E-state index in [1.54, 1.807) is 12.1 Å². The van der Waals surface area contributed by atoms with Crippen molar-refractivity contribution < 1.29 is 28.5 Å². The van der Waals surface area contributed by atoms with Crippen molar-refractivity contribution in [1.82, 2.24) is 9.80 Å². The second-order valence-corrected chi connectivity index (χ2v) is 18.6. The maximum Gasteiger partial charge on any atom is 0.248 e. The molecule has 6 aliphatic heterocycles. The van der Waals surface area contributed by atoms with E-state index in [1.165, 1.54) is 89.9 Å². The standard InChI is InChI=1S/2C23H32N2O3.2ClH/c2*1-27-23(16-5-2-4-15(10-16)22(24)26)17-6-3-7-18(23)14-25(13-17)19-11-20-8-9-21(12-19)28-20;;/h2*2,4-5,10,17-21H,3,6-9,11-14H2,1H3,(H2,24,26);2*1H. The van der Waals surface area contributed by atoms with Crippen LogP contribution in [0.4, 0.5) is 0 Å². The lowest BCUT2D eigenvalue weighted by atomic mass is 9.62. The number of ether oxygens (including phenoxy) is 4. The van der Waals surface area contributed by atoms with Crippen molar-refractivity contribution in [3.63, 3.8) is 0 Å². The molecule has 8 atom stereocenters. The topological polar surface area (TPSA) is 130 Å². The number of amides is 2. The van der Waals surface area contributed by atoms with Crippen LogP contribution >= 0.6 is 24.8 Å². The molecule has 0 radical (unpaired) electrons. The van der Waals surface area contributed by atoms with Gasteiger partial charge in [0.15, 0.2) is 0 Å². The molecule has 2 saturated carbocycles. The zero-order chi connectivity index (χ0) is 38.6. The number of primary amides is 2.